The van der Waals surface area contributed by atoms with Gasteiger partial charge in [0.25, 0.3) is 0 Å². The second-order valence-corrected chi connectivity index (χ2v) is 6.01. The molecule has 8 nitrogen and oxygen atoms in total. The topological polar surface area (TPSA) is 86.7 Å². The van der Waals surface area contributed by atoms with Crippen LogP contribution in [0.15, 0.2) is 24.5 Å². The molecule has 1 aliphatic rings. The number of allylic oxidation sites excluding steroid dienone is 1. The van der Waals surface area contributed by atoms with Crippen LogP contribution in [0.5, 0.6) is 0 Å². The quantitative estimate of drug-likeness (QED) is 0.544. The van der Waals surface area contributed by atoms with E-state index in [-0.39, 0.29) is 0 Å². The van der Waals surface area contributed by atoms with Crippen molar-refractivity contribution in [2.24, 2.45) is 0 Å². The first-order valence-electron chi connectivity index (χ1n) is 7.92. The SMILES string of the molecule is Cc1nc2n(n1)C(c1ccncc1)=C2/C=c1/c(C)nn2nc(C)nc12. The maximum Gasteiger partial charge on any atom is 0.185 e. The number of pyridine rings is 1. The number of nitrogens with zero attached hydrogens (tertiary/aromatic N) is 8. The van der Waals surface area contributed by atoms with Crippen molar-refractivity contribution in [3.63, 3.8) is 0 Å². The largest absolute Gasteiger partial charge is 0.265 e. The Hall–Kier alpha value is -3.42. The highest BCUT2D eigenvalue weighted by atomic mass is 15.5. The second kappa shape index (κ2) is 4.79. The monoisotopic (exact) mass is 330 g/mol. The summed E-state index contributed by atoms with van der Waals surface area (Å²) in [5.74, 6) is 2.29. The van der Waals surface area contributed by atoms with Gasteiger partial charge in [-0.1, -0.05) is 0 Å². The summed E-state index contributed by atoms with van der Waals surface area (Å²) in [6.07, 6.45) is 5.62. The van der Waals surface area contributed by atoms with Crippen LogP contribution >= 0.6 is 0 Å². The Labute approximate surface area is 142 Å². The molecule has 4 aromatic heterocycles. The third kappa shape index (κ3) is 1.94. The number of hydrogen-bond donors (Lipinski definition) is 0. The number of aryl methyl sites for hydroxylation is 3. The third-order valence-corrected chi connectivity index (χ3v) is 4.24. The maximum absolute atomic E-state index is 4.53. The average molecular weight is 330 g/mol. The summed E-state index contributed by atoms with van der Waals surface area (Å²) in [4.78, 5) is 13.1. The van der Waals surface area contributed by atoms with E-state index in [4.69, 9.17) is 0 Å². The lowest BCUT2D eigenvalue weighted by Crippen LogP contribution is -2.18. The second-order valence-electron chi connectivity index (χ2n) is 6.01. The first-order chi connectivity index (χ1) is 12.1. The van der Waals surface area contributed by atoms with Crippen LogP contribution in [0.4, 0.5) is 0 Å². The van der Waals surface area contributed by atoms with E-state index in [2.05, 4.69) is 36.3 Å². The fraction of sp³-hybridized carbons (Fsp3) is 0.176. The molecule has 0 amide bonds. The zero-order chi connectivity index (χ0) is 17.1. The van der Waals surface area contributed by atoms with Crippen LogP contribution in [-0.2, 0) is 0 Å². The standard InChI is InChI=1S/C17H14N8/c1-9-13(17-20-11(3)23-25(17)21-9)8-14-15(12-4-6-18-7-5-12)24-16(14)19-10(2)22-24/h4-8H,1-3H3/b13-8-. The van der Waals surface area contributed by atoms with E-state index in [0.717, 1.165) is 45.0 Å². The molecule has 0 bridgehead atoms. The molecule has 0 N–H and O–H groups in total. The van der Waals surface area contributed by atoms with Crippen LogP contribution in [0.1, 0.15) is 28.7 Å². The van der Waals surface area contributed by atoms with Crippen LogP contribution in [0, 0.1) is 20.8 Å². The predicted molar refractivity (Wildman–Crippen MR) is 91.1 cm³/mol. The molecule has 5 heterocycles. The van der Waals surface area contributed by atoms with Crippen LogP contribution in [0.25, 0.3) is 23.0 Å². The summed E-state index contributed by atoms with van der Waals surface area (Å²) < 4.78 is 3.45. The predicted octanol–water partition coefficient (Wildman–Crippen LogP) is 0.966. The van der Waals surface area contributed by atoms with E-state index in [9.17, 15) is 0 Å². The van der Waals surface area contributed by atoms with E-state index >= 15 is 0 Å². The van der Waals surface area contributed by atoms with Crippen molar-refractivity contribution in [1.29, 1.82) is 0 Å². The number of hydrogen-bond acceptors (Lipinski definition) is 6. The molecule has 0 atom stereocenters. The lowest BCUT2D eigenvalue weighted by atomic mass is 10.00. The van der Waals surface area contributed by atoms with E-state index < -0.39 is 0 Å². The molecule has 0 fully saturated rings. The molecule has 25 heavy (non-hydrogen) atoms. The summed E-state index contributed by atoms with van der Waals surface area (Å²) >= 11 is 0. The molecule has 8 heteroatoms. The number of rotatable bonds is 2. The van der Waals surface area contributed by atoms with E-state index in [0.29, 0.717) is 5.82 Å². The van der Waals surface area contributed by atoms with E-state index in [1.54, 1.807) is 17.0 Å². The highest BCUT2D eigenvalue weighted by molar-refractivity contribution is 6.08. The number of fused-ring (bicyclic) bond motifs is 2. The fourth-order valence-corrected chi connectivity index (χ4v) is 3.15. The minimum atomic E-state index is 0.702. The summed E-state index contributed by atoms with van der Waals surface area (Å²) in [5, 5.41) is 14.2. The molecule has 0 aliphatic carbocycles. The molecule has 5 rings (SSSR count). The van der Waals surface area contributed by atoms with Crippen molar-refractivity contribution >= 4 is 23.0 Å². The Morgan fingerprint density at radius 1 is 0.920 bits per heavy atom. The maximum atomic E-state index is 4.53. The molecule has 0 unspecified atom stereocenters. The van der Waals surface area contributed by atoms with Gasteiger partial charge in [-0.15, -0.1) is 9.73 Å². The molecule has 1 aliphatic heterocycles. The molecule has 0 saturated heterocycles. The normalized spacial score (nSPS) is 14.3. The van der Waals surface area contributed by atoms with Gasteiger partial charge in [-0.05, 0) is 39.0 Å². The van der Waals surface area contributed by atoms with Crippen LogP contribution in [-0.4, -0.2) is 39.6 Å². The van der Waals surface area contributed by atoms with Crippen molar-refractivity contribution in [2.75, 3.05) is 0 Å². The first-order valence-corrected chi connectivity index (χ1v) is 7.92. The molecular weight excluding hydrogens is 316 g/mol. The highest BCUT2D eigenvalue weighted by Crippen LogP contribution is 2.37. The molecule has 4 aromatic rings. The van der Waals surface area contributed by atoms with Crippen molar-refractivity contribution in [3.8, 4) is 0 Å². The first kappa shape index (κ1) is 14.0. The van der Waals surface area contributed by atoms with Gasteiger partial charge in [-0.3, -0.25) is 4.98 Å². The molecule has 0 spiro atoms. The third-order valence-electron chi connectivity index (χ3n) is 4.24. The lowest BCUT2D eigenvalue weighted by molar-refractivity contribution is 0.793. The Balaban J connectivity index is 1.79. The minimum Gasteiger partial charge on any atom is -0.265 e. The Morgan fingerprint density at radius 2 is 1.68 bits per heavy atom. The van der Waals surface area contributed by atoms with E-state index in [1.165, 1.54) is 0 Å². The fourth-order valence-electron chi connectivity index (χ4n) is 3.15. The van der Waals surface area contributed by atoms with E-state index in [1.807, 2.05) is 37.6 Å². The van der Waals surface area contributed by atoms with Crippen molar-refractivity contribution in [1.82, 2.24) is 39.6 Å². The molecule has 0 saturated carbocycles. The van der Waals surface area contributed by atoms with Crippen molar-refractivity contribution in [2.45, 2.75) is 20.8 Å². The van der Waals surface area contributed by atoms with Gasteiger partial charge in [0, 0.05) is 28.7 Å². The van der Waals surface area contributed by atoms with Gasteiger partial charge in [-0.25, -0.2) is 14.6 Å². The van der Waals surface area contributed by atoms with Gasteiger partial charge in [0.05, 0.1) is 11.4 Å². The minimum absolute atomic E-state index is 0.702. The van der Waals surface area contributed by atoms with Gasteiger partial charge in [-0.2, -0.15) is 10.2 Å². The Kier molecular flexibility index (Phi) is 2.68. The Morgan fingerprint density at radius 3 is 2.48 bits per heavy atom. The van der Waals surface area contributed by atoms with Crippen LogP contribution < -0.4 is 5.22 Å². The van der Waals surface area contributed by atoms with Gasteiger partial charge in [0.2, 0.25) is 0 Å². The van der Waals surface area contributed by atoms with Crippen molar-refractivity contribution in [3.05, 3.63) is 58.5 Å². The van der Waals surface area contributed by atoms with Gasteiger partial charge in [0.15, 0.2) is 11.5 Å². The summed E-state index contributed by atoms with van der Waals surface area (Å²) in [5.41, 5.74) is 4.71. The molecule has 122 valence electrons. The summed E-state index contributed by atoms with van der Waals surface area (Å²) in [6, 6.07) is 3.94. The lowest BCUT2D eigenvalue weighted by Gasteiger charge is -2.22. The van der Waals surface area contributed by atoms with Gasteiger partial charge >= 0.3 is 0 Å². The zero-order valence-electron chi connectivity index (χ0n) is 14.0. The highest BCUT2D eigenvalue weighted by Gasteiger charge is 2.29. The summed E-state index contributed by atoms with van der Waals surface area (Å²) in [6.45, 7) is 5.71. The molecule has 0 radical (unpaired) electrons. The Bertz CT molecular complexity index is 1210. The van der Waals surface area contributed by atoms with Crippen molar-refractivity contribution < 1.29 is 0 Å². The zero-order valence-corrected chi connectivity index (χ0v) is 14.0. The number of aromatic nitrogens is 8. The van der Waals surface area contributed by atoms with Crippen LogP contribution in [0.3, 0.4) is 0 Å². The molecular formula is C17H14N8. The summed E-state index contributed by atoms with van der Waals surface area (Å²) in [7, 11) is 0. The van der Waals surface area contributed by atoms with Gasteiger partial charge in [0.1, 0.15) is 11.6 Å². The van der Waals surface area contributed by atoms with Crippen LogP contribution in [0.2, 0.25) is 0 Å². The average Bonchev–Trinajstić information content (AvgIpc) is 3.19. The smallest absolute Gasteiger partial charge is 0.185 e. The van der Waals surface area contributed by atoms with Gasteiger partial charge < -0.3 is 0 Å². The molecule has 0 aromatic carbocycles.